The fourth-order valence-electron chi connectivity index (χ4n) is 2.21. The number of nitrogens with one attached hydrogen (secondary N) is 1. The van der Waals surface area contributed by atoms with E-state index in [4.69, 9.17) is 9.47 Å². The molecule has 0 bridgehead atoms. The second-order valence-electron chi connectivity index (χ2n) is 5.74. The van der Waals surface area contributed by atoms with E-state index in [0.29, 0.717) is 13.0 Å². The van der Waals surface area contributed by atoms with E-state index in [1.54, 1.807) is 18.9 Å². The van der Waals surface area contributed by atoms with E-state index < -0.39 is 0 Å². The van der Waals surface area contributed by atoms with Crippen molar-refractivity contribution in [2.75, 3.05) is 19.5 Å². The summed E-state index contributed by atoms with van der Waals surface area (Å²) >= 11 is 1.77. The molecule has 5 heteroatoms. The Morgan fingerprint density at radius 3 is 2.44 bits per heavy atom. The number of benzene rings is 2. The van der Waals surface area contributed by atoms with Gasteiger partial charge in [-0.1, -0.05) is 30.3 Å². The van der Waals surface area contributed by atoms with Crippen LogP contribution in [0, 0.1) is 0 Å². The predicted octanol–water partition coefficient (Wildman–Crippen LogP) is 3.90. The smallest absolute Gasteiger partial charge is 0.221 e. The molecule has 4 nitrogen and oxygen atoms in total. The molecule has 1 amide bonds. The minimum absolute atomic E-state index is 0.0336. The van der Waals surface area contributed by atoms with Crippen LogP contribution >= 0.6 is 11.8 Å². The largest absolute Gasteiger partial charge is 0.497 e. The summed E-state index contributed by atoms with van der Waals surface area (Å²) in [5.41, 5.74) is 1.29. The molecule has 2 aromatic rings. The van der Waals surface area contributed by atoms with E-state index in [0.717, 1.165) is 23.0 Å². The van der Waals surface area contributed by atoms with E-state index in [1.165, 1.54) is 5.56 Å². The highest BCUT2D eigenvalue weighted by Crippen LogP contribution is 2.17. The molecule has 0 aliphatic rings. The molecule has 1 N–H and O–H groups in total. The highest BCUT2D eigenvalue weighted by Gasteiger charge is 2.08. The van der Waals surface area contributed by atoms with Crippen LogP contribution in [0.5, 0.6) is 11.5 Å². The Labute approximate surface area is 153 Å². The average Bonchev–Trinajstić information content (AvgIpc) is 2.65. The van der Waals surface area contributed by atoms with Crippen LogP contribution in [0.15, 0.2) is 54.6 Å². The Morgan fingerprint density at radius 1 is 1.08 bits per heavy atom. The van der Waals surface area contributed by atoms with Crippen LogP contribution in [0.3, 0.4) is 0 Å². The summed E-state index contributed by atoms with van der Waals surface area (Å²) in [5.74, 6) is 3.37. The number of rotatable bonds is 10. The zero-order valence-electron chi connectivity index (χ0n) is 14.7. The molecule has 0 saturated heterocycles. The first-order valence-corrected chi connectivity index (χ1v) is 9.50. The van der Waals surface area contributed by atoms with Crippen molar-refractivity contribution >= 4 is 17.7 Å². The highest BCUT2D eigenvalue weighted by molar-refractivity contribution is 7.98. The Balaban J connectivity index is 1.59. The molecule has 1 unspecified atom stereocenters. The normalized spacial score (nSPS) is 11.6. The van der Waals surface area contributed by atoms with Gasteiger partial charge in [0.05, 0.1) is 13.2 Å². The molecular weight excluding hydrogens is 334 g/mol. The van der Waals surface area contributed by atoms with Gasteiger partial charge in [0.25, 0.3) is 0 Å². The summed E-state index contributed by atoms with van der Waals surface area (Å²) < 4.78 is 10.8. The van der Waals surface area contributed by atoms with Gasteiger partial charge in [-0.25, -0.2) is 0 Å². The molecule has 0 heterocycles. The quantitative estimate of drug-likeness (QED) is 0.654. The van der Waals surface area contributed by atoms with E-state index in [2.05, 4.69) is 17.4 Å². The van der Waals surface area contributed by atoms with Crippen molar-refractivity contribution in [3.8, 4) is 11.5 Å². The lowest BCUT2D eigenvalue weighted by molar-refractivity contribution is -0.121. The first-order valence-electron chi connectivity index (χ1n) is 8.35. The number of hydrogen-bond acceptors (Lipinski definition) is 4. The Kier molecular flexibility index (Phi) is 8.19. The summed E-state index contributed by atoms with van der Waals surface area (Å²) in [4.78, 5) is 12.0. The third kappa shape index (κ3) is 7.52. The molecule has 25 heavy (non-hydrogen) atoms. The van der Waals surface area contributed by atoms with Crippen molar-refractivity contribution in [3.63, 3.8) is 0 Å². The SMILES string of the molecule is COc1ccc(OCC(C)NC(=O)CCSCc2ccccc2)cc1. The lowest BCUT2D eigenvalue weighted by atomic mass is 10.2. The second kappa shape index (κ2) is 10.7. The fraction of sp³-hybridized carbons (Fsp3) is 0.350. The van der Waals surface area contributed by atoms with Crippen LogP contribution in [-0.2, 0) is 10.5 Å². The van der Waals surface area contributed by atoms with Gasteiger partial charge in [-0.05, 0) is 36.8 Å². The zero-order valence-corrected chi connectivity index (χ0v) is 15.6. The molecule has 1 atom stereocenters. The summed E-state index contributed by atoms with van der Waals surface area (Å²) in [6, 6.07) is 17.7. The van der Waals surface area contributed by atoms with Crippen molar-refractivity contribution in [3.05, 3.63) is 60.2 Å². The van der Waals surface area contributed by atoms with Gasteiger partial charge in [-0.15, -0.1) is 0 Å². The molecule has 2 rings (SSSR count). The maximum atomic E-state index is 12.0. The third-order valence-corrected chi connectivity index (χ3v) is 4.58. The van der Waals surface area contributed by atoms with Gasteiger partial charge >= 0.3 is 0 Å². The lowest BCUT2D eigenvalue weighted by Gasteiger charge is -2.15. The van der Waals surface area contributed by atoms with Crippen molar-refractivity contribution in [2.45, 2.75) is 25.1 Å². The maximum absolute atomic E-state index is 12.0. The standard InChI is InChI=1S/C20H25NO3S/c1-16(14-24-19-10-8-18(23-2)9-11-19)21-20(22)12-13-25-15-17-6-4-3-5-7-17/h3-11,16H,12-15H2,1-2H3,(H,21,22). The summed E-state index contributed by atoms with van der Waals surface area (Å²) in [7, 11) is 1.63. The van der Waals surface area contributed by atoms with Gasteiger partial charge in [0, 0.05) is 17.9 Å². The van der Waals surface area contributed by atoms with E-state index in [9.17, 15) is 4.79 Å². The van der Waals surface area contributed by atoms with Gasteiger partial charge in [0.1, 0.15) is 18.1 Å². The number of ether oxygens (including phenoxy) is 2. The van der Waals surface area contributed by atoms with Crippen molar-refractivity contribution in [2.24, 2.45) is 0 Å². The minimum atomic E-state index is -0.0336. The van der Waals surface area contributed by atoms with Crippen molar-refractivity contribution in [1.82, 2.24) is 5.32 Å². The van der Waals surface area contributed by atoms with Gasteiger partial charge in [0.2, 0.25) is 5.91 Å². The summed E-state index contributed by atoms with van der Waals surface area (Å²) in [5, 5.41) is 2.97. The Bertz CT molecular complexity index is 631. The predicted molar refractivity (Wildman–Crippen MR) is 103 cm³/mol. The Morgan fingerprint density at radius 2 is 1.76 bits per heavy atom. The van der Waals surface area contributed by atoms with E-state index in [-0.39, 0.29) is 11.9 Å². The number of carbonyl (C=O) groups is 1. The van der Waals surface area contributed by atoms with Gasteiger partial charge in [-0.2, -0.15) is 11.8 Å². The molecule has 0 spiro atoms. The lowest BCUT2D eigenvalue weighted by Crippen LogP contribution is -2.36. The first kappa shape index (κ1) is 19.2. The number of methoxy groups -OCH3 is 1. The molecule has 134 valence electrons. The van der Waals surface area contributed by atoms with Gasteiger partial charge in [0.15, 0.2) is 0 Å². The number of carbonyl (C=O) groups excluding carboxylic acids is 1. The van der Waals surface area contributed by atoms with Gasteiger partial charge < -0.3 is 14.8 Å². The maximum Gasteiger partial charge on any atom is 0.221 e. The number of hydrogen-bond donors (Lipinski definition) is 1. The van der Waals surface area contributed by atoms with E-state index in [1.807, 2.05) is 49.4 Å². The molecule has 2 aromatic carbocycles. The second-order valence-corrected chi connectivity index (χ2v) is 6.85. The molecule has 0 saturated carbocycles. The first-order chi connectivity index (χ1) is 12.2. The van der Waals surface area contributed by atoms with Crippen molar-refractivity contribution < 1.29 is 14.3 Å². The van der Waals surface area contributed by atoms with Crippen LogP contribution in [0.25, 0.3) is 0 Å². The van der Waals surface area contributed by atoms with Crippen LogP contribution in [0.1, 0.15) is 18.9 Å². The Hall–Kier alpha value is -2.14. The summed E-state index contributed by atoms with van der Waals surface area (Å²) in [6.07, 6.45) is 0.518. The zero-order chi connectivity index (χ0) is 17.9. The van der Waals surface area contributed by atoms with Crippen LogP contribution < -0.4 is 14.8 Å². The monoisotopic (exact) mass is 359 g/mol. The molecular formula is C20H25NO3S. The molecule has 0 aliphatic heterocycles. The highest BCUT2D eigenvalue weighted by atomic mass is 32.2. The van der Waals surface area contributed by atoms with Crippen LogP contribution in [0.4, 0.5) is 0 Å². The van der Waals surface area contributed by atoms with Crippen LogP contribution in [-0.4, -0.2) is 31.4 Å². The molecule has 0 radical (unpaired) electrons. The fourth-order valence-corrected chi connectivity index (χ4v) is 3.11. The summed E-state index contributed by atoms with van der Waals surface area (Å²) in [6.45, 7) is 2.38. The number of thioether (sulfide) groups is 1. The van der Waals surface area contributed by atoms with Gasteiger partial charge in [-0.3, -0.25) is 4.79 Å². The average molecular weight is 359 g/mol. The van der Waals surface area contributed by atoms with Crippen molar-refractivity contribution in [1.29, 1.82) is 0 Å². The molecule has 0 aliphatic carbocycles. The molecule has 0 aromatic heterocycles. The van der Waals surface area contributed by atoms with E-state index >= 15 is 0 Å². The topological polar surface area (TPSA) is 47.6 Å². The molecule has 0 fully saturated rings. The minimum Gasteiger partial charge on any atom is -0.497 e. The number of amides is 1. The van der Waals surface area contributed by atoms with Crippen LogP contribution in [0.2, 0.25) is 0 Å². The third-order valence-electron chi connectivity index (χ3n) is 3.55.